The van der Waals surface area contributed by atoms with Gasteiger partial charge in [-0.15, -0.1) is 0 Å². The highest BCUT2D eigenvalue weighted by Gasteiger charge is 2.33. The van der Waals surface area contributed by atoms with Gasteiger partial charge in [0, 0.05) is 31.1 Å². The van der Waals surface area contributed by atoms with Crippen LogP contribution in [0.3, 0.4) is 0 Å². The van der Waals surface area contributed by atoms with Gasteiger partial charge in [-0.3, -0.25) is 0 Å². The van der Waals surface area contributed by atoms with E-state index in [4.69, 9.17) is 10.5 Å². The first-order chi connectivity index (χ1) is 8.90. The Morgan fingerprint density at radius 2 is 1.95 bits per heavy atom. The van der Waals surface area contributed by atoms with Crippen molar-refractivity contribution in [3.05, 3.63) is 23.8 Å². The molecule has 0 saturated carbocycles. The topological polar surface area (TPSA) is 38.5 Å². The van der Waals surface area contributed by atoms with Crippen LogP contribution in [0.15, 0.2) is 18.2 Å². The predicted octanol–water partition coefficient (Wildman–Crippen LogP) is 3.15. The van der Waals surface area contributed by atoms with Gasteiger partial charge in [-0.25, -0.2) is 0 Å². The van der Waals surface area contributed by atoms with E-state index in [0.29, 0.717) is 32.0 Å². The summed E-state index contributed by atoms with van der Waals surface area (Å²) in [7, 11) is 0. The van der Waals surface area contributed by atoms with E-state index < -0.39 is 11.7 Å². The van der Waals surface area contributed by atoms with Gasteiger partial charge >= 0.3 is 6.18 Å². The molecule has 0 fully saturated rings. The summed E-state index contributed by atoms with van der Waals surface area (Å²) in [5.41, 5.74) is 4.83. The fraction of sp³-hybridized carbons (Fsp3) is 0.538. The third-order valence-corrected chi connectivity index (χ3v) is 2.80. The molecule has 0 amide bonds. The molecule has 19 heavy (non-hydrogen) atoms. The maximum Gasteiger partial charge on any atom is 0.418 e. The van der Waals surface area contributed by atoms with E-state index in [1.54, 1.807) is 6.07 Å². The Bertz CT molecular complexity index is 407. The average Bonchev–Trinajstić information content (AvgIpc) is 2.34. The molecule has 0 bridgehead atoms. The molecule has 0 spiro atoms. The fourth-order valence-corrected chi connectivity index (χ4v) is 1.78. The molecule has 0 unspecified atom stereocenters. The molecule has 108 valence electrons. The lowest BCUT2D eigenvalue weighted by atomic mass is 10.1. The zero-order chi connectivity index (χ0) is 14.5. The third-order valence-electron chi connectivity index (χ3n) is 2.80. The first-order valence-electron chi connectivity index (χ1n) is 6.19. The van der Waals surface area contributed by atoms with Crippen molar-refractivity contribution in [2.24, 2.45) is 0 Å². The van der Waals surface area contributed by atoms with Gasteiger partial charge < -0.3 is 15.4 Å². The predicted molar refractivity (Wildman–Crippen MR) is 70.2 cm³/mol. The van der Waals surface area contributed by atoms with Gasteiger partial charge in [0.25, 0.3) is 0 Å². The number of ether oxygens (including phenoxy) is 1. The van der Waals surface area contributed by atoms with Crippen molar-refractivity contribution >= 4 is 11.4 Å². The first-order valence-corrected chi connectivity index (χ1v) is 6.19. The van der Waals surface area contributed by atoms with Gasteiger partial charge in [-0.1, -0.05) is 0 Å². The van der Waals surface area contributed by atoms with Crippen molar-refractivity contribution in [2.45, 2.75) is 20.0 Å². The van der Waals surface area contributed by atoms with Crippen LogP contribution in [0.25, 0.3) is 0 Å². The number of rotatable bonds is 6. The SMILES string of the molecule is CCOCCN(CC)c1ccc(N)c(C(F)(F)F)c1. The van der Waals surface area contributed by atoms with E-state index in [1.807, 2.05) is 18.7 Å². The first kappa shape index (κ1) is 15.6. The lowest BCUT2D eigenvalue weighted by Crippen LogP contribution is -2.27. The minimum absolute atomic E-state index is 0.253. The number of nitrogens with two attached hydrogens (primary N) is 1. The molecule has 0 radical (unpaired) electrons. The number of alkyl halides is 3. The molecule has 6 heteroatoms. The zero-order valence-electron chi connectivity index (χ0n) is 11.1. The van der Waals surface area contributed by atoms with Gasteiger partial charge in [0.1, 0.15) is 0 Å². The van der Waals surface area contributed by atoms with Crippen LogP contribution in [0.2, 0.25) is 0 Å². The molecule has 0 aliphatic rings. The van der Waals surface area contributed by atoms with Crippen LogP contribution in [0, 0.1) is 0 Å². The van der Waals surface area contributed by atoms with Crippen molar-refractivity contribution in [1.29, 1.82) is 0 Å². The van der Waals surface area contributed by atoms with Crippen LogP contribution in [0.4, 0.5) is 24.5 Å². The number of nitrogens with zero attached hydrogens (tertiary/aromatic N) is 1. The quantitative estimate of drug-likeness (QED) is 0.640. The number of likely N-dealkylation sites (N-methyl/N-ethyl adjacent to an activating group) is 1. The number of hydrogen-bond donors (Lipinski definition) is 1. The van der Waals surface area contributed by atoms with Crippen molar-refractivity contribution in [3.8, 4) is 0 Å². The summed E-state index contributed by atoms with van der Waals surface area (Å²) in [5.74, 6) is 0. The Morgan fingerprint density at radius 1 is 1.26 bits per heavy atom. The second-order valence-corrected chi connectivity index (χ2v) is 4.05. The van der Waals surface area contributed by atoms with Crippen molar-refractivity contribution in [1.82, 2.24) is 0 Å². The molecule has 3 nitrogen and oxygen atoms in total. The van der Waals surface area contributed by atoms with E-state index in [2.05, 4.69) is 0 Å². The number of anilines is 2. The smallest absolute Gasteiger partial charge is 0.398 e. The molecule has 1 aromatic carbocycles. The zero-order valence-corrected chi connectivity index (χ0v) is 11.1. The van der Waals surface area contributed by atoms with E-state index in [9.17, 15) is 13.2 Å². The molecule has 2 N–H and O–H groups in total. The van der Waals surface area contributed by atoms with Crippen molar-refractivity contribution in [2.75, 3.05) is 36.9 Å². The third kappa shape index (κ3) is 4.31. The van der Waals surface area contributed by atoms with Crippen LogP contribution in [-0.4, -0.2) is 26.3 Å². The molecular formula is C13H19F3N2O. The van der Waals surface area contributed by atoms with Crippen LogP contribution >= 0.6 is 0 Å². The normalized spacial score (nSPS) is 11.6. The Balaban J connectivity index is 2.93. The van der Waals surface area contributed by atoms with E-state index >= 15 is 0 Å². The standard InChI is InChI=1S/C13H19F3N2O/c1-3-18(7-8-19-4-2)10-5-6-12(17)11(9-10)13(14,15)16/h5-6,9H,3-4,7-8,17H2,1-2H3. The van der Waals surface area contributed by atoms with Crippen LogP contribution < -0.4 is 10.6 Å². The molecule has 0 aliphatic carbocycles. The van der Waals surface area contributed by atoms with E-state index in [0.717, 1.165) is 6.07 Å². The second-order valence-electron chi connectivity index (χ2n) is 4.05. The maximum absolute atomic E-state index is 12.8. The number of halogens is 3. The highest BCUT2D eigenvalue weighted by molar-refractivity contribution is 5.59. The molecule has 0 heterocycles. The number of benzene rings is 1. The molecule has 0 aromatic heterocycles. The van der Waals surface area contributed by atoms with Gasteiger partial charge in [-0.05, 0) is 32.0 Å². The maximum atomic E-state index is 12.8. The van der Waals surface area contributed by atoms with Gasteiger partial charge in [0.15, 0.2) is 0 Å². The van der Waals surface area contributed by atoms with Crippen LogP contribution in [0.5, 0.6) is 0 Å². The minimum Gasteiger partial charge on any atom is -0.398 e. The summed E-state index contributed by atoms with van der Waals surface area (Å²) >= 11 is 0. The summed E-state index contributed by atoms with van der Waals surface area (Å²) in [5, 5.41) is 0. The monoisotopic (exact) mass is 276 g/mol. The highest BCUT2D eigenvalue weighted by atomic mass is 19.4. The summed E-state index contributed by atoms with van der Waals surface area (Å²) in [4.78, 5) is 1.82. The van der Waals surface area contributed by atoms with Crippen LogP contribution in [-0.2, 0) is 10.9 Å². The molecule has 1 rings (SSSR count). The lowest BCUT2D eigenvalue weighted by molar-refractivity contribution is -0.136. The Kier molecular flexibility index (Phi) is 5.47. The van der Waals surface area contributed by atoms with Gasteiger partial charge in [0.2, 0.25) is 0 Å². The van der Waals surface area contributed by atoms with Crippen molar-refractivity contribution < 1.29 is 17.9 Å². The van der Waals surface area contributed by atoms with E-state index in [1.165, 1.54) is 6.07 Å². The summed E-state index contributed by atoms with van der Waals surface area (Å²) in [6, 6.07) is 3.98. The number of hydrogen-bond acceptors (Lipinski definition) is 3. The molecule has 0 aliphatic heterocycles. The fourth-order valence-electron chi connectivity index (χ4n) is 1.78. The molecule has 1 aromatic rings. The van der Waals surface area contributed by atoms with E-state index in [-0.39, 0.29) is 5.69 Å². The van der Waals surface area contributed by atoms with Gasteiger partial charge in [0.05, 0.1) is 12.2 Å². The highest BCUT2D eigenvalue weighted by Crippen LogP contribution is 2.35. The minimum atomic E-state index is -4.43. The lowest BCUT2D eigenvalue weighted by Gasteiger charge is -2.24. The van der Waals surface area contributed by atoms with Crippen LogP contribution in [0.1, 0.15) is 19.4 Å². The van der Waals surface area contributed by atoms with Crippen molar-refractivity contribution in [3.63, 3.8) is 0 Å². The summed E-state index contributed by atoms with van der Waals surface area (Å²) in [6.07, 6.45) is -4.43. The second kappa shape index (κ2) is 6.65. The molecule has 0 saturated heterocycles. The summed E-state index contributed by atoms with van der Waals surface area (Å²) < 4.78 is 43.6. The molecule has 0 atom stereocenters. The Morgan fingerprint density at radius 3 is 2.47 bits per heavy atom. The summed E-state index contributed by atoms with van der Waals surface area (Å²) in [6.45, 7) is 5.99. The average molecular weight is 276 g/mol. The number of nitrogen functional groups attached to an aromatic ring is 1. The Labute approximate surface area is 111 Å². The Hall–Kier alpha value is -1.43. The van der Waals surface area contributed by atoms with Gasteiger partial charge in [-0.2, -0.15) is 13.2 Å². The molecular weight excluding hydrogens is 257 g/mol. The largest absolute Gasteiger partial charge is 0.418 e.